The molecular formula is C19H19N7O2S2. The molecule has 0 spiro atoms. The second-order valence-corrected chi connectivity index (χ2v) is 10.1. The van der Waals surface area contributed by atoms with E-state index in [0.29, 0.717) is 36.9 Å². The van der Waals surface area contributed by atoms with Crippen molar-refractivity contribution < 1.29 is 8.42 Å². The molecule has 0 unspecified atom stereocenters. The highest BCUT2D eigenvalue weighted by Gasteiger charge is 2.29. The molecule has 0 aliphatic carbocycles. The van der Waals surface area contributed by atoms with Crippen molar-refractivity contribution in [1.29, 1.82) is 0 Å². The predicted molar refractivity (Wildman–Crippen MR) is 114 cm³/mol. The number of hydrogen-bond donors (Lipinski definition) is 0. The van der Waals surface area contributed by atoms with Crippen molar-refractivity contribution in [2.75, 3.05) is 31.1 Å². The Labute approximate surface area is 177 Å². The SMILES string of the molecule is Cc1nc2ccc(S(=O)(=O)N3CCN(c4ccc(-n5cccn5)nn4)CC3)cc2s1. The molecule has 30 heavy (non-hydrogen) atoms. The van der Waals surface area contributed by atoms with Gasteiger partial charge in [-0.15, -0.1) is 21.5 Å². The fourth-order valence-corrected chi connectivity index (χ4v) is 5.89. The first-order valence-corrected chi connectivity index (χ1v) is 11.7. The molecule has 5 rings (SSSR count). The lowest BCUT2D eigenvalue weighted by atomic mass is 10.3. The molecule has 0 bridgehead atoms. The number of sulfonamides is 1. The predicted octanol–water partition coefficient (Wildman–Crippen LogP) is 2.09. The zero-order valence-electron chi connectivity index (χ0n) is 16.2. The number of aromatic nitrogens is 5. The summed E-state index contributed by atoms with van der Waals surface area (Å²) < 4.78 is 30.3. The van der Waals surface area contributed by atoms with Gasteiger partial charge in [0.05, 0.1) is 20.1 Å². The Morgan fingerprint density at radius 1 is 1.00 bits per heavy atom. The molecule has 0 amide bonds. The number of aryl methyl sites for hydroxylation is 1. The Bertz CT molecular complexity index is 1280. The van der Waals surface area contributed by atoms with E-state index in [-0.39, 0.29) is 0 Å². The van der Waals surface area contributed by atoms with Crippen LogP contribution in [0.5, 0.6) is 0 Å². The highest BCUT2D eigenvalue weighted by molar-refractivity contribution is 7.89. The van der Waals surface area contributed by atoms with E-state index < -0.39 is 10.0 Å². The number of piperazine rings is 1. The molecule has 154 valence electrons. The monoisotopic (exact) mass is 441 g/mol. The molecule has 1 aromatic carbocycles. The lowest BCUT2D eigenvalue weighted by Gasteiger charge is -2.34. The molecule has 4 aromatic rings. The van der Waals surface area contributed by atoms with E-state index in [1.54, 1.807) is 35.3 Å². The van der Waals surface area contributed by atoms with Gasteiger partial charge in [0.1, 0.15) is 0 Å². The molecule has 1 saturated heterocycles. The van der Waals surface area contributed by atoms with Crippen LogP contribution >= 0.6 is 11.3 Å². The zero-order valence-corrected chi connectivity index (χ0v) is 17.8. The topological polar surface area (TPSA) is 97.1 Å². The van der Waals surface area contributed by atoms with Crippen molar-refractivity contribution >= 4 is 37.4 Å². The molecule has 0 N–H and O–H groups in total. The third kappa shape index (κ3) is 3.44. The molecular weight excluding hydrogens is 422 g/mol. The maximum absolute atomic E-state index is 13.1. The Morgan fingerprint density at radius 3 is 2.47 bits per heavy atom. The summed E-state index contributed by atoms with van der Waals surface area (Å²) in [4.78, 5) is 6.76. The molecule has 11 heteroatoms. The van der Waals surface area contributed by atoms with E-state index in [4.69, 9.17) is 0 Å². The number of rotatable bonds is 4. The van der Waals surface area contributed by atoms with E-state index >= 15 is 0 Å². The second kappa shape index (κ2) is 7.42. The highest BCUT2D eigenvalue weighted by Crippen LogP contribution is 2.27. The Balaban J connectivity index is 1.29. The van der Waals surface area contributed by atoms with Gasteiger partial charge in [-0.2, -0.15) is 9.40 Å². The third-order valence-electron chi connectivity index (χ3n) is 5.04. The minimum Gasteiger partial charge on any atom is -0.352 e. The summed E-state index contributed by atoms with van der Waals surface area (Å²) in [6.45, 7) is 3.81. The summed E-state index contributed by atoms with van der Waals surface area (Å²) in [5, 5.41) is 13.6. The largest absolute Gasteiger partial charge is 0.352 e. The summed E-state index contributed by atoms with van der Waals surface area (Å²) in [5.74, 6) is 1.36. The Hall–Kier alpha value is -2.89. The summed E-state index contributed by atoms with van der Waals surface area (Å²) in [6.07, 6.45) is 3.49. The molecule has 4 heterocycles. The van der Waals surface area contributed by atoms with Crippen LogP contribution in [0.15, 0.2) is 53.7 Å². The first-order valence-electron chi connectivity index (χ1n) is 9.47. The maximum atomic E-state index is 13.1. The fourth-order valence-electron chi connectivity index (χ4n) is 3.50. The van der Waals surface area contributed by atoms with Gasteiger partial charge >= 0.3 is 0 Å². The highest BCUT2D eigenvalue weighted by atomic mass is 32.2. The summed E-state index contributed by atoms with van der Waals surface area (Å²) >= 11 is 1.50. The van der Waals surface area contributed by atoms with Crippen molar-refractivity contribution in [3.05, 3.63) is 53.8 Å². The average Bonchev–Trinajstić information content (AvgIpc) is 3.42. The van der Waals surface area contributed by atoms with Crippen LogP contribution in [0.25, 0.3) is 16.0 Å². The van der Waals surface area contributed by atoms with E-state index in [0.717, 1.165) is 21.0 Å². The first-order chi connectivity index (χ1) is 14.5. The van der Waals surface area contributed by atoms with Crippen molar-refractivity contribution in [3.63, 3.8) is 0 Å². The number of fused-ring (bicyclic) bond motifs is 1. The lowest BCUT2D eigenvalue weighted by Crippen LogP contribution is -2.49. The molecule has 0 radical (unpaired) electrons. The van der Waals surface area contributed by atoms with E-state index in [1.165, 1.54) is 15.6 Å². The van der Waals surface area contributed by atoms with E-state index in [1.807, 2.05) is 30.0 Å². The minimum absolute atomic E-state index is 0.315. The average molecular weight is 442 g/mol. The Kier molecular flexibility index (Phi) is 4.72. The smallest absolute Gasteiger partial charge is 0.243 e. The molecule has 1 aliphatic rings. The summed E-state index contributed by atoms with van der Waals surface area (Å²) in [5.41, 5.74) is 0.832. The van der Waals surface area contributed by atoms with Gasteiger partial charge in [0.15, 0.2) is 11.6 Å². The quantitative estimate of drug-likeness (QED) is 0.478. The fraction of sp³-hybridized carbons (Fsp3) is 0.263. The molecule has 0 saturated carbocycles. The van der Waals surface area contributed by atoms with Crippen molar-refractivity contribution in [2.24, 2.45) is 0 Å². The number of anilines is 1. The van der Waals surface area contributed by atoms with Crippen LogP contribution in [0.1, 0.15) is 5.01 Å². The van der Waals surface area contributed by atoms with Gasteiger partial charge in [-0.1, -0.05) is 0 Å². The molecule has 1 fully saturated rings. The third-order valence-corrected chi connectivity index (χ3v) is 7.87. The summed E-state index contributed by atoms with van der Waals surface area (Å²) in [7, 11) is -3.55. The number of nitrogens with zero attached hydrogens (tertiary/aromatic N) is 7. The van der Waals surface area contributed by atoms with Gasteiger partial charge < -0.3 is 4.90 Å². The van der Waals surface area contributed by atoms with Gasteiger partial charge in [0.2, 0.25) is 10.0 Å². The first kappa shape index (κ1) is 19.1. The molecule has 9 nitrogen and oxygen atoms in total. The van der Waals surface area contributed by atoms with Crippen LogP contribution in [-0.4, -0.2) is 63.9 Å². The van der Waals surface area contributed by atoms with Crippen LogP contribution in [0.4, 0.5) is 5.82 Å². The van der Waals surface area contributed by atoms with Crippen LogP contribution < -0.4 is 4.90 Å². The van der Waals surface area contributed by atoms with Gasteiger partial charge in [0, 0.05) is 38.6 Å². The number of thiazole rings is 1. The molecule has 0 atom stereocenters. The zero-order chi connectivity index (χ0) is 20.7. The van der Waals surface area contributed by atoms with Crippen LogP contribution in [0.3, 0.4) is 0 Å². The number of hydrogen-bond acceptors (Lipinski definition) is 8. The van der Waals surface area contributed by atoms with Gasteiger partial charge in [-0.25, -0.2) is 18.1 Å². The Morgan fingerprint density at radius 2 is 1.77 bits per heavy atom. The standard InChI is InChI=1S/C19H19N7O2S2/c1-14-21-16-4-3-15(13-17(16)29-14)30(27,28)25-11-9-24(10-12-25)18-5-6-19(23-22-18)26-8-2-7-20-26/h2-8,13H,9-12H2,1H3. The van der Waals surface area contributed by atoms with E-state index in [2.05, 4.69) is 20.3 Å². The van der Waals surface area contributed by atoms with Crippen LogP contribution in [-0.2, 0) is 10.0 Å². The molecule has 1 aliphatic heterocycles. The normalized spacial score (nSPS) is 15.7. The van der Waals surface area contributed by atoms with Crippen LogP contribution in [0, 0.1) is 6.92 Å². The van der Waals surface area contributed by atoms with Gasteiger partial charge in [-0.05, 0) is 43.3 Å². The van der Waals surface area contributed by atoms with Crippen LogP contribution in [0.2, 0.25) is 0 Å². The van der Waals surface area contributed by atoms with Crippen molar-refractivity contribution in [1.82, 2.24) is 29.3 Å². The number of benzene rings is 1. The maximum Gasteiger partial charge on any atom is 0.243 e. The van der Waals surface area contributed by atoms with E-state index in [9.17, 15) is 8.42 Å². The summed E-state index contributed by atoms with van der Waals surface area (Å²) in [6, 6.07) is 10.7. The molecule has 3 aromatic heterocycles. The van der Waals surface area contributed by atoms with Crippen molar-refractivity contribution in [3.8, 4) is 5.82 Å². The van der Waals surface area contributed by atoms with Crippen molar-refractivity contribution in [2.45, 2.75) is 11.8 Å². The lowest BCUT2D eigenvalue weighted by molar-refractivity contribution is 0.383. The minimum atomic E-state index is -3.55. The van der Waals surface area contributed by atoms with Gasteiger partial charge in [0.25, 0.3) is 0 Å². The van der Waals surface area contributed by atoms with Gasteiger partial charge in [-0.3, -0.25) is 0 Å². The second-order valence-electron chi connectivity index (χ2n) is 6.95.